The number of aliphatic imine (C=N–C) groups is 1. The number of alkyl halides is 3. The van der Waals surface area contributed by atoms with E-state index in [2.05, 4.69) is 20.6 Å². The van der Waals surface area contributed by atoms with E-state index in [1.54, 1.807) is 11.9 Å². The van der Waals surface area contributed by atoms with E-state index in [1.807, 2.05) is 20.8 Å². The van der Waals surface area contributed by atoms with E-state index in [4.69, 9.17) is 4.74 Å². The van der Waals surface area contributed by atoms with Crippen molar-refractivity contribution >= 4 is 23.4 Å². The van der Waals surface area contributed by atoms with Crippen LogP contribution in [0.25, 0.3) is 0 Å². The first-order valence-electron chi connectivity index (χ1n) is 9.95. The molecule has 11 heteroatoms. The molecule has 0 aromatic carbocycles. The van der Waals surface area contributed by atoms with E-state index in [-0.39, 0.29) is 12.1 Å². The van der Waals surface area contributed by atoms with E-state index >= 15 is 0 Å². The molecule has 1 aliphatic heterocycles. The minimum absolute atomic E-state index is 0.0135. The van der Waals surface area contributed by atoms with Crippen molar-refractivity contribution in [2.45, 2.75) is 64.3 Å². The molecule has 1 unspecified atom stereocenters. The molecule has 7 nitrogen and oxygen atoms in total. The van der Waals surface area contributed by atoms with Gasteiger partial charge in [0.25, 0.3) is 0 Å². The first-order valence-corrected chi connectivity index (χ1v) is 10.8. The van der Waals surface area contributed by atoms with Crippen LogP contribution in [0.3, 0.4) is 0 Å². The minimum Gasteiger partial charge on any atom is -0.444 e. The monoisotopic (exact) mass is 449 g/mol. The van der Waals surface area contributed by atoms with E-state index < -0.39 is 17.5 Å². The van der Waals surface area contributed by atoms with Crippen LogP contribution in [0.1, 0.15) is 50.7 Å². The van der Waals surface area contributed by atoms with Crippen LogP contribution >= 0.6 is 11.3 Å². The summed E-state index contributed by atoms with van der Waals surface area (Å²) in [5.41, 5.74) is -1.41. The van der Waals surface area contributed by atoms with Gasteiger partial charge in [-0.25, -0.2) is 9.78 Å². The number of halogens is 3. The van der Waals surface area contributed by atoms with E-state index in [0.717, 1.165) is 36.0 Å². The Bertz CT molecular complexity index is 730. The van der Waals surface area contributed by atoms with Crippen LogP contribution in [-0.2, 0) is 17.3 Å². The molecule has 1 amide bonds. The van der Waals surface area contributed by atoms with Gasteiger partial charge in [-0.3, -0.25) is 4.99 Å². The summed E-state index contributed by atoms with van der Waals surface area (Å²) in [6.45, 7) is 7.08. The summed E-state index contributed by atoms with van der Waals surface area (Å²) in [6.07, 6.45) is -1.54. The quantitative estimate of drug-likeness (QED) is 0.530. The summed E-state index contributed by atoms with van der Waals surface area (Å²) in [7, 11) is 1.62. The number of carbonyl (C=O) groups is 1. The predicted molar refractivity (Wildman–Crippen MR) is 111 cm³/mol. The van der Waals surface area contributed by atoms with Gasteiger partial charge in [-0.1, -0.05) is 0 Å². The highest BCUT2D eigenvalue weighted by Gasteiger charge is 2.33. The Kier molecular flexibility index (Phi) is 8.34. The average molecular weight is 450 g/mol. The molecule has 1 aromatic rings. The zero-order chi connectivity index (χ0) is 22.4. The molecule has 1 saturated heterocycles. The molecule has 1 fully saturated rings. The third-order valence-electron chi connectivity index (χ3n) is 4.46. The second-order valence-corrected chi connectivity index (χ2v) is 9.02. The lowest BCUT2D eigenvalue weighted by Crippen LogP contribution is -2.52. The second kappa shape index (κ2) is 10.3. The Morgan fingerprint density at radius 2 is 2.07 bits per heavy atom. The molecule has 0 radical (unpaired) electrons. The van der Waals surface area contributed by atoms with Gasteiger partial charge in [0, 0.05) is 38.5 Å². The number of guanidine groups is 1. The normalized spacial score (nSPS) is 18.3. The molecule has 2 N–H and O–H groups in total. The number of nitrogens with zero attached hydrogens (tertiary/aromatic N) is 3. The highest BCUT2D eigenvalue weighted by molar-refractivity contribution is 7.09. The number of thiazole rings is 1. The van der Waals surface area contributed by atoms with Crippen molar-refractivity contribution in [2.24, 2.45) is 4.99 Å². The van der Waals surface area contributed by atoms with Crippen molar-refractivity contribution in [2.75, 3.05) is 26.7 Å². The Labute approximate surface area is 179 Å². The lowest BCUT2D eigenvalue weighted by Gasteiger charge is -2.37. The van der Waals surface area contributed by atoms with Crippen molar-refractivity contribution < 1.29 is 22.7 Å². The van der Waals surface area contributed by atoms with Crippen molar-refractivity contribution in [3.8, 4) is 0 Å². The first-order chi connectivity index (χ1) is 14.0. The number of aromatic nitrogens is 1. The molecule has 1 atom stereocenters. The van der Waals surface area contributed by atoms with E-state index in [9.17, 15) is 18.0 Å². The van der Waals surface area contributed by atoms with Gasteiger partial charge in [-0.15, -0.1) is 11.3 Å². The molecule has 0 bridgehead atoms. The van der Waals surface area contributed by atoms with Gasteiger partial charge in [0.15, 0.2) is 11.7 Å². The second-order valence-electron chi connectivity index (χ2n) is 8.08. The zero-order valence-electron chi connectivity index (χ0n) is 17.8. The fourth-order valence-electron chi connectivity index (χ4n) is 3.05. The number of piperidine rings is 1. The standard InChI is InChI=1S/C19H30F3N5O2S/c1-18(2,3)29-17(28)27-10-6-5-7-13(27)11-25-16(23-4)24-9-8-15-26-14(12-30-15)19(20,21)22/h12-13H,5-11H2,1-4H3,(H2,23,24,25). The highest BCUT2D eigenvalue weighted by Crippen LogP contribution is 2.30. The van der Waals surface area contributed by atoms with E-state index in [1.165, 1.54) is 0 Å². The lowest BCUT2D eigenvalue weighted by molar-refractivity contribution is -0.140. The first kappa shape index (κ1) is 24.2. The van der Waals surface area contributed by atoms with Crippen LogP contribution < -0.4 is 10.6 Å². The van der Waals surface area contributed by atoms with Gasteiger partial charge in [0.1, 0.15) is 5.60 Å². The molecule has 1 aliphatic rings. The Morgan fingerprint density at radius 1 is 1.33 bits per heavy atom. The molecule has 0 saturated carbocycles. The number of hydrogen-bond donors (Lipinski definition) is 2. The fraction of sp³-hybridized carbons (Fsp3) is 0.737. The molecule has 2 rings (SSSR count). The molecule has 2 heterocycles. The zero-order valence-corrected chi connectivity index (χ0v) is 18.6. The maximum absolute atomic E-state index is 12.6. The van der Waals surface area contributed by atoms with Crippen LogP contribution in [0.4, 0.5) is 18.0 Å². The van der Waals surface area contributed by atoms with Crippen LogP contribution in [0.15, 0.2) is 10.4 Å². The van der Waals surface area contributed by atoms with Gasteiger partial charge < -0.3 is 20.3 Å². The Morgan fingerprint density at radius 3 is 2.67 bits per heavy atom. The number of hydrogen-bond acceptors (Lipinski definition) is 5. The van der Waals surface area contributed by atoms with Gasteiger partial charge in [0.05, 0.1) is 11.0 Å². The van der Waals surface area contributed by atoms with Crippen LogP contribution in [0, 0.1) is 0 Å². The summed E-state index contributed by atoms with van der Waals surface area (Å²) in [6, 6.07) is -0.0135. The Balaban J connectivity index is 1.82. The third-order valence-corrected chi connectivity index (χ3v) is 5.37. The smallest absolute Gasteiger partial charge is 0.434 e. The maximum Gasteiger partial charge on any atom is 0.434 e. The summed E-state index contributed by atoms with van der Waals surface area (Å²) in [5, 5.41) is 7.71. The lowest BCUT2D eigenvalue weighted by atomic mass is 10.0. The van der Waals surface area contributed by atoms with Crippen molar-refractivity contribution in [3.05, 3.63) is 16.1 Å². The van der Waals surface area contributed by atoms with Crippen molar-refractivity contribution in [3.63, 3.8) is 0 Å². The molecule has 170 valence electrons. The van der Waals surface area contributed by atoms with Crippen LogP contribution in [0.2, 0.25) is 0 Å². The van der Waals surface area contributed by atoms with Crippen LogP contribution in [-0.4, -0.2) is 60.3 Å². The molecule has 1 aromatic heterocycles. The molecule has 30 heavy (non-hydrogen) atoms. The number of rotatable bonds is 5. The largest absolute Gasteiger partial charge is 0.444 e. The van der Waals surface area contributed by atoms with Crippen LogP contribution in [0.5, 0.6) is 0 Å². The third kappa shape index (κ3) is 7.66. The molecule has 0 aliphatic carbocycles. The minimum atomic E-state index is -4.42. The fourth-order valence-corrected chi connectivity index (χ4v) is 3.86. The molecule has 0 spiro atoms. The number of carbonyl (C=O) groups excluding carboxylic acids is 1. The predicted octanol–water partition coefficient (Wildman–Crippen LogP) is 3.66. The number of amides is 1. The van der Waals surface area contributed by atoms with Gasteiger partial charge in [-0.05, 0) is 40.0 Å². The van der Waals surface area contributed by atoms with Crippen molar-refractivity contribution in [1.29, 1.82) is 0 Å². The number of nitrogens with one attached hydrogen (secondary N) is 2. The van der Waals surface area contributed by atoms with Crippen molar-refractivity contribution in [1.82, 2.24) is 20.5 Å². The van der Waals surface area contributed by atoms with Gasteiger partial charge in [0.2, 0.25) is 0 Å². The Hall–Kier alpha value is -2.04. The summed E-state index contributed by atoms with van der Waals surface area (Å²) >= 11 is 0.990. The number of likely N-dealkylation sites (tertiary alicyclic amines) is 1. The SMILES string of the molecule is CN=C(NCCc1nc(C(F)(F)F)cs1)NCC1CCCCN1C(=O)OC(C)(C)C. The summed E-state index contributed by atoms with van der Waals surface area (Å²) in [4.78, 5) is 22.0. The highest BCUT2D eigenvalue weighted by atomic mass is 32.1. The topological polar surface area (TPSA) is 78.9 Å². The maximum atomic E-state index is 12.6. The van der Waals surface area contributed by atoms with Gasteiger partial charge in [-0.2, -0.15) is 13.2 Å². The summed E-state index contributed by atoms with van der Waals surface area (Å²) in [5.74, 6) is 0.525. The van der Waals surface area contributed by atoms with E-state index in [0.29, 0.717) is 37.0 Å². The summed E-state index contributed by atoms with van der Waals surface area (Å²) < 4.78 is 43.4. The number of ether oxygens (including phenoxy) is 1. The van der Waals surface area contributed by atoms with Gasteiger partial charge >= 0.3 is 12.3 Å². The average Bonchev–Trinajstić information content (AvgIpc) is 3.12. The molecular weight excluding hydrogens is 419 g/mol. The molecular formula is C19H30F3N5O2S.